The number of halogens is 4. The summed E-state index contributed by atoms with van der Waals surface area (Å²) in [7, 11) is 0. The summed E-state index contributed by atoms with van der Waals surface area (Å²) in [5, 5.41) is 14.8. The van der Waals surface area contributed by atoms with E-state index in [1.54, 1.807) is 6.07 Å². The molecule has 3 amide bonds. The molecular formula is C38H40F4N6O4. The van der Waals surface area contributed by atoms with Gasteiger partial charge in [0, 0.05) is 68.6 Å². The lowest BCUT2D eigenvalue weighted by atomic mass is 9.86. The van der Waals surface area contributed by atoms with E-state index < -0.39 is 35.3 Å². The summed E-state index contributed by atoms with van der Waals surface area (Å²) in [6, 6.07) is 15.2. The molecule has 274 valence electrons. The summed E-state index contributed by atoms with van der Waals surface area (Å²) in [6.07, 6.45) is -0.978. The van der Waals surface area contributed by atoms with Crippen LogP contribution in [0.1, 0.15) is 77.5 Å². The smallest absolute Gasteiger partial charge is 0.396 e. The number of fused-ring (bicyclic) bond motifs is 1. The quantitative estimate of drug-likeness (QED) is 0.151. The minimum Gasteiger partial charge on any atom is -0.396 e. The van der Waals surface area contributed by atoms with Gasteiger partial charge in [0.05, 0.1) is 22.5 Å². The number of nitrogens with zero attached hydrogens (tertiary/aromatic N) is 4. The summed E-state index contributed by atoms with van der Waals surface area (Å²) in [6.45, 7) is 3.49. The molecule has 1 saturated carbocycles. The van der Waals surface area contributed by atoms with Gasteiger partial charge in [0.25, 0.3) is 5.91 Å². The Morgan fingerprint density at radius 3 is 2.40 bits per heavy atom. The van der Waals surface area contributed by atoms with Gasteiger partial charge in [0.2, 0.25) is 17.8 Å². The lowest BCUT2D eigenvalue weighted by Gasteiger charge is -2.36. The molecule has 1 aliphatic carbocycles. The molecule has 14 heteroatoms. The molecule has 0 spiro atoms. The third kappa shape index (κ3) is 7.54. The molecule has 3 N–H and O–H groups in total. The number of benzene rings is 3. The van der Waals surface area contributed by atoms with Crippen LogP contribution in [-0.2, 0) is 22.3 Å². The zero-order chi connectivity index (χ0) is 36.6. The predicted octanol–water partition coefficient (Wildman–Crippen LogP) is 6.01. The van der Waals surface area contributed by atoms with E-state index in [2.05, 4.69) is 20.4 Å². The largest absolute Gasteiger partial charge is 0.416 e. The van der Waals surface area contributed by atoms with Gasteiger partial charge in [-0.3, -0.25) is 29.9 Å². The monoisotopic (exact) mass is 720 g/mol. The van der Waals surface area contributed by atoms with E-state index in [-0.39, 0.29) is 48.8 Å². The Balaban J connectivity index is 1.06. The van der Waals surface area contributed by atoms with Crippen LogP contribution >= 0.6 is 0 Å². The molecule has 1 unspecified atom stereocenters. The fourth-order valence-corrected chi connectivity index (χ4v) is 7.70. The first kappa shape index (κ1) is 35.6. The molecule has 4 aromatic rings. The fraction of sp³-hybridized carbons (Fsp3) is 0.421. The standard InChI is InChI=1S/C38H40F4N6O4/c39-31-18-24(6-10-29(31)30-11-13-34(50)44-36(30)52)21-46-14-16-47(17-15-46)28-9-12-33-32(20-28)43-37(48(33)27-7-4-23(22-49)5-8-27)45-35(51)25-2-1-3-26(19-25)38(40,41)42/h1-3,6,9-10,12,18-20,23,27,30,49H,4-5,7-8,11,13-17,21-22H2,(H,43,45,51)(H,44,50,52). The number of hydrogen-bond acceptors (Lipinski definition) is 7. The summed E-state index contributed by atoms with van der Waals surface area (Å²) in [5.41, 5.74) is 2.46. The number of imidazole rings is 1. The van der Waals surface area contributed by atoms with Crippen molar-refractivity contribution in [2.75, 3.05) is 43.0 Å². The van der Waals surface area contributed by atoms with Gasteiger partial charge in [-0.05, 0) is 86.1 Å². The molecule has 2 aliphatic heterocycles. The number of hydrogen-bond donors (Lipinski definition) is 3. The Labute approximate surface area is 297 Å². The van der Waals surface area contributed by atoms with Crippen molar-refractivity contribution in [3.05, 3.63) is 88.7 Å². The highest BCUT2D eigenvalue weighted by molar-refractivity contribution is 6.04. The van der Waals surface area contributed by atoms with E-state index in [0.717, 1.165) is 67.7 Å². The molecule has 7 rings (SSSR count). The van der Waals surface area contributed by atoms with Crippen molar-refractivity contribution in [1.29, 1.82) is 0 Å². The topological polar surface area (TPSA) is 120 Å². The second kappa shape index (κ2) is 14.7. The van der Waals surface area contributed by atoms with Gasteiger partial charge in [-0.1, -0.05) is 18.2 Å². The molecule has 0 radical (unpaired) electrons. The van der Waals surface area contributed by atoms with Crippen LogP contribution in [0.2, 0.25) is 0 Å². The van der Waals surface area contributed by atoms with Gasteiger partial charge in [0.15, 0.2) is 0 Å². The normalized spacial score (nSPS) is 21.7. The van der Waals surface area contributed by atoms with Crippen molar-refractivity contribution in [2.24, 2.45) is 5.92 Å². The van der Waals surface area contributed by atoms with Crippen molar-refractivity contribution in [2.45, 2.75) is 63.2 Å². The number of aliphatic hydroxyl groups is 1. The third-order valence-electron chi connectivity index (χ3n) is 10.6. The number of imide groups is 1. The van der Waals surface area contributed by atoms with Crippen LogP contribution in [0.15, 0.2) is 60.7 Å². The Bertz CT molecular complexity index is 1980. The molecule has 3 heterocycles. The maximum Gasteiger partial charge on any atom is 0.416 e. The van der Waals surface area contributed by atoms with Crippen LogP contribution in [0.5, 0.6) is 0 Å². The number of rotatable bonds is 8. The van der Waals surface area contributed by atoms with E-state index in [1.807, 2.05) is 28.8 Å². The average Bonchev–Trinajstić information content (AvgIpc) is 3.49. The lowest BCUT2D eigenvalue weighted by Crippen LogP contribution is -2.46. The molecule has 2 saturated heterocycles. The lowest BCUT2D eigenvalue weighted by molar-refractivity contribution is -0.138. The summed E-state index contributed by atoms with van der Waals surface area (Å²) < 4.78 is 57.2. The first-order chi connectivity index (χ1) is 25.0. The van der Waals surface area contributed by atoms with Crippen LogP contribution in [0.3, 0.4) is 0 Å². The number of aliphatic hydroxyl groups excluding tert-OH is 1. The zero-order valence-corrected chi connectivity index (χ0v) is 28.5. The Morgan fingerprint density at radius 2 is 1.71 bits per heavy atom. The fourth-order valence-electron chi connectivity index (χ4n) is 7.70. The Morgan fingerprint density at radius 1 is 0.942 bits per heavy atom. The van der Waals surface area contributed by atoms with Gasteiger partial charge in [-0.2, -0.15) is 13.2 Å². The molecule has 52 heavy (non-hydrogen) atoms. The summed E-state index contributed by atoms with van der Waals surface area (Å²) in [4.78, 5) is 46.3. The SMILES string of the molecule is O=C1CCC(c2ccc(CN3CCN(c4ccc5c(c4)nc(NC(=O)c4cccc(C(F)(F)F)c4)n5C4CCC(CO)CC4)CC3)cc2F)C(=O)N1. The Kier molecular flexibility index (Phi) is 10.0. The van der Waals surface area contributed by atoms with E-state index in [0.29, 0.717) is 30.7 Å². The van der Waals surface area contributed by atoms with Gasteiger partial charge >= 0.3 is 6.18 Å². The molecule has 1 atom stereocenters. The summed E-state index contributed by atoms with van der Waals surface area (Å²) >= 11 is 0. The van der Waals surface area contributed by atoms with Crippen molar-refractivity contribution < 1.29 is 37.1 Å². The third-order valence-corrected chi connectivity index (χ3v) is 10.6. The highest BCUT2D eigenvalue weighted by atomic mass is 19.4. The maximum atomic E-state index is 15.1. The minimum absolute atomic E-state index is 0.0121. The number of piperazine rings is 1. The highest BCUT2D eigenvalue weighted by Gasteiger charge is 2.32. The number of amides is 3. The number of alkyl halides is 3. The van der Waals surface area contributed by atoms with Crippen LogP contribution in [0.4, 0.5) is 29.2 Å². The van der Waals surface area contributed by atoms with Crippen LogP contribution in [-0.4, -0.2) is 70.1 Å². The van der Waals surface area contributed by atoms with Gasteiger partial charge < -0.3 is 14.6 Å². The molecule has 10 nitrogen and oxygen atoms in total. The maximum absolute atomic E-state index is 15.1. The number of anilines is 2. The molecule has 3 aliphatic rings. The Hall–Kier alpha value is -4.82. The van der Waals surface area contributed by atoms with E-state index in [4.69, 9.17) is 4.98 Å². The number of piperidine rings is 1. The van der Waals surface area contributed by atoms with Gasteiger partial charge in [0.1, 0.15) is 5.82 Å². The molecular weight excluding hydrogens is 680 g/mol. The number of carbonyl (C=O) groups is 3. The molecule has 0 bridgehead atoms. The molecule has 3 aromatic carbocycles. The molecule has 3 fully saturated rings. The molecule has 1 aromatic heterocycles. The van der Waals surface area contributed by atoms with Crippen LogP contribution in [0, 0.1) is 11.7 Å². The van der Waals surface area contributed by atoms with E-state index in [9.17, 15) is 32.7 Å². The zero-order valence-electron chi connectivity index (χ0n) is 28.5. The first-order valence-electron chi connectivity index (χ1n) is 17.7. The van der Waals surface area contributed by atoms with Crippen molar-refractivity contribution in [1.82, 2.24) is 19.8 Å². The number of aromatic nitrogens is 2. The van der Waals surface area contributed by atoms with Crippen molar-refractivity contribution >= 4 is 40.4 Å². The van der Waals surface area contributed by atoms with E-state index in [1.165, 1.54) is 18.2 Å². The average molecular weight is 721 g/mol. The second-order valence-corrected chi connectivity index (χ2v) is 14.0. The first-order valence-corrected chi connectivity index (χ1v) is 17.7. The van der Waals surface area contributed by atoms with Crippen LogP contribution in [0.25, 0.3) is 11.0 Å². The van der Waals surface area contributed by atoms with Gasteiger partial charge in [-0.15, -0.1) is 0 Å². The highest BCUT2D eigenvalue weighted by Crippen LogP contribution is 2.38. The second-order valence-electron chi connectivity index (χ2n) is 14.0. The van der Waals surface area contributed by atoms with Crippen molar-refractivity contribution in [3.8, 4) is 0 Å². The van der Waals surface area contributed by atoms with Crippen LogP contribution < -0.4 is 15.5 Å². The van der Waals surface area contributed by atoms with Crippen molar-refractivity contribution in [3.63, 3.8) is 0 Å². The van der Waals surface area contributed by atoms with Gasteiger partial charge in [-0.25, -0.2) is 9.37 Å². The number of carbonyl (C=O) groups excluding carboxylic acids is 3. The van der Waals surface area contributed by atoms with E-state index >= 15 is 4.39 Å². The number of nitrogens with one attached hydrogen (secondary N) is 2. The minimum atomic E-state index is -4.58. The predicted molar refractivity (Wildman–Crippen MR) is 186 cm³/mol. The summed E-state index contributed by atoms with van der Waals surface area (Å²) in [5.74, 6) is -2.15.